The summed E-state index contributed by atoms with van der Waals surface area (Å²) in [4.78, 5) is 24.5. The van der Waals surface area contributed by atoms with Crippen molar-refractivity contribution in [1.82, 2.24) is 0 Å². The van der Waals surface area contributed by atoms with E-state index in [-0.39, 0.29) is 11.7 Å². The molecule has 1 heterocycles. The highest BCUT2D eigenvalue weighted by molar-refractivity contribution is 8.00. The van der Waals surface area contributed by atoms with Crippen LogP contribution in [-0.2, 0) is 9.59 Å². The molecular formula is C12H13NO4S. The van der Waals surface area contributed by atoms with E-state index in [1.54, 1.807) is 23.1 Å². The van der Waals surface area contributed by atoms with Crippen LogP contribution in [-0.4, -0.2) is 35.9 Å². The Morgan fingerprint density at radius 2 is 2.28 bits per heavy atom. The van der Waals surface area contributed by atoms with Crippen LogP contribution in [0.3, 0.4) is 0 Å². The fraction of sp³-hybridized carbons (Fsp3) is 0.333. The number of aliphatic carboxylic acids is 1. The summed E-state index contributed by atoms with van der Waals surface area (Å²) in [6.45, 7) is 2.51. The van der Waals surface area contributed by atoms with E-state index in [4.69, 9.17) is 9.84 Å². The van der Waals surface area contributed by atoms with Crippen molar-refractivity contribution in [3.63, 3.8) is 0 Å². The molecule has 0 atom stereocenters. The number of benzene rings is 1. The third kappa shape index (κ3) is 2.76. The Morgan fingerprint density at radius 1 is 1.50 bits per heavy atom. The van der Waals surface area contributed by atoms with Crippen molar-refractivity contribution in [1.29, 1.82) is 0 Å². The number of nitrogens with zero attached hydrogens (tertiary/aromatic N) is 1. The van der Waals surface area contributed by atoms with E-state index >= 15 is 0 Å². The second-order valence-corrected chi connectivity index (χ2v) is 4.88. The molecule has 18 heavy (non-hydrogen) atoms. The Kier molecular flexibility index (Phi) is 3.76. The maximum atomic E-state index is 11.5. The molecule has 1 aliphatic heterocycles. The SMILES string of the molecule is CC(=O)N1CCOc2ccc(SCC(=O)O)cc21. The highest BCUT2D eigenvalue weighted by atomic mass is 32.2. The molecule has 0 aliphatic carbocycles. The number of anilines is 1. The maximum absolute atomic E-state index is 11.5. The van der Waals surface area contributed by atoms with Gasteiger partial charge in [0.2, 0.25) is 5.91 Å². The topological polar surface area (TPSA) is 66.8 Å². The van der Waals surface area contributed by atoms with Gasteiger partial charge < -0.3 is 14.7 Å². The molecule has 6 heteroatoms. The molecule has 1 aromatic rings. The van der Waals surface area contributed by atoms with Crippen LogP contribution in [0.15, 0.2) is 23.1 Å². The number of amides is 1. The Hall–Kier alpha value is -1.69. The number of carboxylic acid groups (broad SMARTS) is 1. The molecule has 0 saturated heterocycles. The van der Waals surface area contributed by atoms with Crippen LogP contribution in [0.5, 0.6) is 5.75 Å². The molecule has 0 fully saturated rings. The highest BCUT2D eigenvalue weighted by Gasteiger charge is 2.21. The molecule has 0 unspecified atom stereocenters. The smallest absolute Gasteiger partial charge is 0.313 e. The summed E-state index contributed by atoms with van der Waals surface area (Å²) in [6.07, 6.45) is 0. The van der Waals surface area contributed by atoms with Crippen molar-refractivity contribution < 1.29 is 19.4 Å². The first-order chi connectivity index (χ1) is 8.58. The van der Waals surface area contributed by atoms with Crippen LogP contribution < -0.4 is 9.64 Å². The second kappa shape index (κ2) is 5.30. The number of ether oxygens (including phenoxy) is 1. The Bertz CT molecular complexity index is 489. The van der Waals surface area contributed by atoms with Gasteiger partial charge in [0.25, 0.3) is 0 Å². The number of carbonyl (C=O) groups excluding carboxylic acids is 1. The van der Waals surface area contributed by atoms with Crippen LogP contribution in [0.25, 0.3) is 0 Å². The van der Waals surface area contributed by atoms with Gasteiger partial charge in [-0.1, -0.05) is 0 Å². The molecule has 1 aliphatic rings. The number of fused-ring (bicyclic) bond motifs is 1. The molecule has 1 aromatic carbocycles. The van der Waals surface area contributed by atoms with E-state index in [2.05, 4.69) is 0 Å². The average Bonchev–Trinajstić information content (AvgIpc) is 2.35. The highest BCUT2D eigenvalue weighted by Crippen LogP contribution is 2.35. The Balaban J connectivity index is 2.25. The number of hydrogen-bond donors (Lipinski definition) is 1. The van der Waals surface area contributed by atoms with Crippen LogP contribution in [0, 0.1) is 0 Å². The first-order valence-electron chi connectivity index (χ1n) is 5.47. The summed E-state index contributed by atoms with van der Waals surface area (Å²) in [5, 5.41) is 8.64. The van der Waals surface area contributed by atoms with E-state index in [0.717, 1.165) is 4.90 Å². The predicted octanol–water partition coefficient (Wildman–Crippen LogP) is 1.61. The summed E-state index contributed by atoms with van der Waals surface area (Å²) in [6, 6.07) is 5.37. The van der Waals surface area contributed by atoms with Crippen molar-refractivity contribution >= 4 is 29.3 Å². The minimum atomic E-state index is -0.864. The minimum absolute atomic E-state index is 0.000283. The van der Waals surface area contributed by atoms with Crippen molar-refractivity contribution in [3.05, 3.63) is 18.2 Å². The van der Waals surface area contributed by atoms with Gasteiger partial charge in [-0.15, -0.1) is 11.8 Å². The van der Waals surface area contributed by atoms with Crippen LogP contribution in [0.1, 0.15) is 6.92 Å². The fourth-order valence-corrected chi connectivity index (χ4v) is 2.41. The molecule has 1 N–H and O–H groups in total. The number of carboxylic acids is 1. The third-order valence-electron chi connectivity index (χ3n) is 2.54. The van der Waals surface area contributed by atoms with Gasteiger partial charge in [-0.25, -0.2) is 0 Å². The monoisotopic (exact) mass is 267 g/mol. The normalized spacial score (nSPS) is 13.7. The van der Waals surface area contributed by atoms with E-state index < -0.39 is 5.97 Å². The maximum Gasteiger partial charge on any atom is 0.313 e. The molecule has 0 spiro atoms. The average molecular weight is 267 g/mol. The van der Waals surface area contributed by atoms with Gasteiger partial charge >= 0.3 is 5.97 Å². The quantitative estimate of drug-likeness (QED) is 0.843. The lowest BCUT2D eigenvalue weighted by molar-refractivity contribution is -0.133. The second-order valence-electron chi connectivity index (χ2n) is 3.83. The Morgan fingerprint density at radius 3 is 2.94 bits per heavy atom. The standard InChI is InChI=1S/C12H13NO4S/c1-8(14)13-4-5-17-11-3-2-9(6-10(11)13)18-7-12(15)16/h2-3,6H,4-5,7H2,1H3,(H,15,16). The molecule has 5 nitrogen and oxygen atoms in total. The van der Waals surface area contributed by atoms with Gasteiger partial charge in [0.1, 0.15) is 12.4 Å². The van der Waals surface area contributed by atoms with Crippen molar-refractivity contribution in [2.45, 2.75) is 11.8 Å². The van der Waals surface area contributed by atoms with Gasteiger partial charge in [-0.2, -0.15) is 0 Å². The summed E-state index contributed by atoms with van der Waals surface area (Å²) in [5.74, 6) is -0.242. The molecule has 1 amide bonds. The first kappa shape index (κ1) is 12.8. The van der Waals surface area contributed by atoms with Crippen LogP contribution in [0.4, 0.5) is 5.69 Å². The summed E-state index contributed by atoms with van der Waals surface area (Å²) in [7, 11) is 0. The van der Waals surface area contributed by atoms with E-state index in [0.29, 0.717) is 24.6 Å². The first-order valence-corrected chi connectivity index (χ1v) is 6.46. The van der Waals surface area contributed by atoms with E-state index in [1.807, 2.05) is 0 Å². The van der Waals surface area contributed by atoms with Crippen molar-refractivity contribution in [2.24, 2.45) is 0 Å². The molecule has 0 aromatic heterocycles. The molecule has 96 valence electrons. The lowest BCUT2D eigenvalue weighted by Crippen LogP contribution is -2.36. The van der Waals surface area contributed by atoms with Crippen molar-refractivity contribution in [2.75, 3.05) is 23.8 Å². The number of rotatable bonds is 3. The predicted molar refractivity (Wildman–Crippen MR) is 68.3 cm³/mol. The Labute approximate surface area is 109 Å². The fourth-order valence-electron chi connectivity index (χ4n) is 1.76. The lowest BCUT2D eigenvalue weighted by Gasteiger charge is -2.28. The van der Waals surface area contributed by atoms with Gasteiger partial charge in [0.15, 0.2) is 0 Å². The largest absolute Gasteiger partial charge is 0.490 e. The number of thioether (sulfide) groups is 1. The molecule has 0 radical (unpaired) electrons. The van der Waals surface area contributed by atoms with Gasteiger partial charge in [-0.3, -0.25) is 9.59 Å². The summed E-state index contributed by atoms with van der Waals surface area (Å²) in [5.41, 5.74) is 0.712. The zero-order chi connectivity index (χ0) is 13.1. The molecule has 0 bridgehead atoms. The molecule has 2 rings (SSSR count). The third-order valence-corrected chi connectivity index (χ3v) is 3.51. The zero-order valence-corrected chi connectivity index (χ0v) is 10.7. The van der Waals surface area contributed by atoms with Gasteiger partial charge in [0.05, 0.1) is 18.0 Å². The minimum Gasteiger partial charge on any atom is -0.490 e. The summed E-state index contributed by atoms with van der Waals surface area (Å²) >= 11 is 1.22. The molecular weight excluding hydrogens is 254 g/mol. The van der Waals surface area contributed by atoms with Crippen molar-refractivity contribution in [3.8, 4) is 5.75 Å². The molecule has 0 saturated carbocycles. The summed E-state index contributed by atoms with van der Waals surface area (Å²) < 4.78 is 5.46. The van der Waals surface area contributed by atoms with Crippen LogP contribution >= 0.6 is 11.8 Å². The van der Waals surface area contributed by atoms with Gasteiger partial charge in [0, 0.05) is 11.8 Å². The van der Waals surface area contributed by atoms with E-state index in [1.165, 1.54) is 18.7 Å². The van der Waals surface area contributed by atoms with Gasteiger partial charge in [-0.05, 0) is 18.2 Å². The number of hydrogen-bond acceptors (Lipinski definition) is 4. The van der Waals surface area contributed by atoms with E-state index in [9.17, 15) is 9.59 Å². The van der Waals surface area contributed by atoms with Crippen LogP contribution in [0.2, 0.25) is 0 Å². The lowest BCUT2D eigenvalue weighted by atomic mass is 10.2. The number of carbonyl (C=O) groups is 2. The zero-order valence-electron chi connectivity index (χ0n) is 9.88.